The van der Waals surface area contributed by atoms with Crippen LogP contribution in [-0.2, 0) is 18.3 Å². The molecule has 0 saturated carbocycles. The summed E-state index contributed by atoms with van der Waals surface area (Å²) in [6.07, 6.45) is 6.49. The number of halogens is 1. The van der Waals surface area contributed by atoms with Crippen molar-refractivity contribution in [2.45, 2.75) is 53.2 Å². The van der Waals surface area contributed by atoms with Crippen LogP contribution in [0.3, 0.4) is 0 Å². The molecule has 0 amide bonds. The van der Waals surface area contributed by atoms with Crippen molar-refractivity contribution in [3.63, 3.8) is 0 Å². The predicted octanol–water partition coefficient (Wildman–Crippen LogP) is 2.93. The second-order valence-electron chi connectivity index (χ2n) is 7.66. The van der Waals surface area contributed by atoms with Gasteiger partial charge in [0.1, 0.15) is 0 Å². The second kappa shape index (κ2) is 10.4. The van der Waals surface area contributed by atoms with E-state index < -0.39 is 0 Å². The topological polar surface area (TPSA) is 63.5 Å². The lowest BCUT2D eigenvalue weighted by molar-refractivity contribution is -0.0835. The van der Waals surface area contributed by atoms with Gasteiger partial charge in [-0.2, -0.15) is 5.10 Å². The Balaban J connectivity index is 0.00000312. The van der Waals surface area contributed by atoms with Crippen molar-refractivity contribution in [3.8, 4) is 0 Å². The Morgan fingerprint density at radius 3 is 2.76 bits per heavy atom. The summed E-state index contributed by atoms with van der Waals surface area (Å²) >= 11 is 0. The lowest BCUT2D eigenvalue weighted by Crippen LogP contribution is -2.47. The third-order valence-electron chi connectivity index (χ3n) is 4.35. The van der Waals surface area contributed by atoms with Gasteiger partial charge in [0.05, 0.1) is 18.8 Å². The molecular formula is C18H34IN5O. The number of rotatable bonds is 5. The minimum atomic E-state index is 0. The molecule has 1 aliphatic heterocycles. The number of aromatic nitrogens is 2. The van der Waals surface area contributed by atoms with E-state index in [2.05, 4.69) is 48.4 Å². The highest BCUT2D eigenvalue weighted by atomic mass is 127. The fourth-order valence-electron chi connectivity index (χ4n) is 3.30. The molecule has 6 nitrogen and oxygen atoms in total. The molecule has 0 aromatic carbocycles. The van der Waals surface area contributed by atoms with Crippen LogP contribution in [-0.4, -0.2) is 41.5 Å². The molecule has 2 atom stereocenters. The van der Waals surface area contributed by atoms with Gasteiger partial charge in [-0.3, -0.25) is 4.68 Å². The average Bonchev–Trinajstić information content (AvgIpc) is 2.95. The van der Waals surface area contributed by atoms with E-state index in [9.17, 15) is 0 Å². The lowest BCUT2D eigenvalue weighted by Gasteiger charge is -2.40. The molecule has 1 aromatic heterocycles. The van der Waals surface area contributed by atoms with Gasteiger partial charge in [-0.25, -0.2) is 4.99 Å². The molecule has 1 aliphatic rings. The Morgan fingerprint density at radius 2 is 2.16 bits per heavy atom. The molecule has 2 heterocycles. The maximum atomic E-state index is 6.07. The van der Waals surface area contributed by atoms with E-state index in [1.807, 2.05) is 19.4 Å². The summed E-state index contributed by atoms with van der Waals surface area (Å²) in [6, 6.07) is 0. The van der Waals surface area contributed by atoms with Gasteiger partial charge in [-0.15, -0.1) is 24.0 Å². The fraction of sp³-hybridized carbons (Fsp3) is 0.778. The van der Waals surface area contributed by atoms with Gasteiger partial charge in [-0.1, -0.05) is 20.8 Å². The summed E-state index contributed by atoms with van der Waals surface area (Å²) in [5.74, 6) is 1.38. The van der Waals surface area contributed by atoms with Crippen molar-refractivity contribution in [1.29, 1.82) is 0 Å². The largest absolute Gasteiger partial charge is 0.377 e. The molecular weight excluding hydrogens is 429 g/mol. The average molecular weight is 463 g/mol. The highest BCUT2D eigenvalue weighted by Gasteiger charge is 2.35. The minimum Gasteiger partial charge on any atom is -0.377 e. The van der Waals surface area contributed by atoms with Gasteiger partial charge >= 0.3 is 0 Å². The Morgan fingerprint density at radius 1 is 1.40 bits per heavy atom. The van der Waals surface area contributed by atoms with Gasteiger partial charge in [0.15, 0.2) is 5.96 Å². The molecule has 0 spiro atoms. The first-order chi connectivity index (χ1) is 11.4. The molecule has 2 rings (SSSR count). The molecule has 0 radical (unpaired) electrons. The molecule has 0 bridgehead atoms. The van der Waals surface area contributed by atoms with Crippen molar-refractivity contribution in [2.75, 3.05) is 19.7 Å². The zero-order valence-electron chi connectivity index (χ0n) is 16.2. The first kappa shape index (κ1) is 22.2. The Hall–Kier alpha value is -0.830. The molecule has 7 heteroatoms. The zero-order valence-corrected chi connectivity index (χ0v) is 18.5. The van der Waals surface area contributed by atoms with Crippen LogP contribution in [0.4, 0.5) is 0 Å². The highest BCUT2D eigenvalue weighted by molar-refractivity contribution is 14.0. The smallest absolute Gasteiger partial charge is 0.191 e. The van der Waals surface area contributed by atoms with Gasteiger partial charge in [-0.05, 0) is 25.2 Å². The third-order valence-corrected chi connectivity index (χ3v) is 4.35. The predicted molar refractivity (Wildman–Crippen MR) is 113 cm³/mol. The lowest BCUT2D eigenvalue weighted by atomic mass is 9.78. The quantitative estimate of drug-likeness (QED) is 0.401. The molecule has 0 aliphatic carbocycles. The number of aliphatic imine (C=N–C) groups is 1. The van der Waals surface area contributed by atoms with Crippen LogP contribution >= 0.6 is 24.0 Å². The monoisotopic (exact) mass is 463 g/mol. The van der Waals surface area contributed by atoms with E-state index >= 15 is 0 Å². The van der Waals surface area contributed by atoms with Crippen LogP contribution in [0.25, 0.3) is 0 Å². The van der Waals surface area contributed by atoms with Crippen LogP contribution in [0.15, 0.2) is 17.4 Å². The van der Waals surface area contributed by atoms with E-state index in [1.54, 1.807) is 4.68 Å². The van der Waals surface area contributed by atoms with Crippen LogP contribution in [0.2, 0.25) is 0 Å². The van der Waals surface area contributed by atoms with E-state index in [0.29, 0.717) is 18.6 Å². The number of nitrogens with one attached hydrogen (secondary N) is 2. The summed E-state index contributed by atoms with van der Waals surface area (Å²) in [5, 5.41) is 11.0. The highest BCUT2D eigenvalue weighted by Crippen LogP contribution is 2.33. The van der Waals surface area contributed by atoms with Crippen molar-refractivity contribution in [3.05, 3.63) is 18.0 Å². The maximum Gasteiger partial charge on any atom is 0.191 e. The van der Waals surface area contributed by atoms with Crippen molar-refractivity contribution in [2.24, 2.45) is 23.4 Å². The Labute approximate surface area is 169 Å². The molecule has 2 N–H and O–H groups in total. The van der Waals surface area contributed by atoms with Crippen LogP contribution in [0.5, 0.6) is 0 Å². The molecule has 144 valence electrons. The van der Waals surface area contributed by atoms with E-state index in [4.69, 9.17) is 4.74 Å². The summed E-state index contributed by atoms with van der Waals surface area (Å²) in [7, 11) is 1.92. The number of aryl methyl sites for hydroxylation is 1. The van der Waals surface area contributed by atoms with Crippen molar-refractivity contribution >= 4 is 29.9 Å². The van der Waals surface area contributed by atoms with Gasteiger partial charge in [0.25, 0.3) is 0 Å². The summed E-state index contributed by atoms with van der Waals surface area (Å²) < 4.78 is 7.87. The second-order valence-corrected chi connectivity index (χ2v) is 7.66. The third kappa shape index (κ3) is 7.13. The number of hydrogen-bond donors (Lipinski definition) is 2. The molecule has 2 unspecified atom stereocenters. The fourth-order valence-corrected chi connectivity index (χ4v) is 3.30. The van der Waals surface area contributed by atoms with Gasteiger partial charge in [0.2, 0.25) is 0 Å². The Kier molecular flexibility index (Phi) is 9.20. The van der Waals surface area contributed by atoms with Crippen LogP contribution in [0.1, 0.15) is 46.1 Å². The summed E-state index contributed by atoms with van der Waals surface area (Å²) in [6.45, 7) is 12.1. The molecule has 25 heavy (non-hydrogen) atoms. The number of nitrogens with zero attached hydrogens (tertiary/aromatic N) is 3. The number of hydrogen-bond acceptors (Lipinski definition) is 3. The SMILES string of the molecule is CCNC(=NCc1cnn(C)c1)NCC1CCCOC1C(C)(C)C.I. The zero-order chi connectivity index (χ0) is 17.6. The Bertz CT molecular complexity index is 538. The molecule has 1 fully saturated rings. The molecule has 1 saturated heterocycles. The van der Waals surface area contributed by atoms with Crippen molar-refractivity contribution < 1.29 is 4.74 Å². The maximum absolute atomic E-state index is 6.07. The standard InChI is InChI=1S/C18H33N5O.HI/c1-6-19-17(20-10-14-11-22-23(5)13-14)21-12-15-8-7-9-24-16(15)18(2,3)4;/h11,13,15-16H,6-10,12H2,1-5H3,(H2,19,20,21);1H. The van der Waals surface area contributed by atoms with Crippen molar-refractivity contribution in [1.82, 2.24) is 20.4 Å². The van der Waals surface area contributed by atoms with E-state index in [-0.39, 0.29) is 29.4 Å². The van der Waals surface area contributed by atoms with Crippen LogP contribution in [0, 0.1) is 11.3 Å². The summed E-state index contributed by atoms with van der Waals surface area (Å²) in [4.78, 5) is 4.67. The first-order valence-corrected chi connectivity index (χ1v) is 9.01. The van der Waals surface area contributed by atoms with E-state index in [1.165, 1.54) is 6.42 Å². The normalized spacial score (nSPS) is 21.6. The van der Waals surface area contributed by atoms with Gasteiger partial charge in [0, 0.05) is 44.4 Å². The number of guanidine groups is 1. The minimum absolute atomic E-state index is 0. The summed E-state index contributed by atoms with van der Waals surface area (Å²) in [5.41, 5.74) is 1.28. The number of ether oxygens (including phenoxy) is 1. The first-order valence-electron chi connectivity index (χ1n) is 9.01. The van der Waals surface area contributed by atoms with Crippen LogP contribution < -0.4 is 10.6 Å². The van der Waals surface area contributed by atoms with E-state index in [0.717, 1.165) is 37.6 Å². The van der Waals surface area contributed by atoms with Gasteiger partial charge < -0.3 is 15.4 Å². The molecule has 1 aromatic rings.